The molecule has 0 saturated heterocycles. The van der Waals surface area contributed by atoms with Crippen LogP contribution in [0.2, 0.25) is 0 Å². The number of hydrogen-bond donors (Lipinski definition) is 2. The predicted octanol–water partition coefficient (Wildman–Crippen LogP) is 4.00. The summed E-state index contributed by atoms with van der Waals surface area (Å²) in [7, 11) is 5.20. The summed E-state index contributed by atoms with van der Waals surface area (Å²) in [6.45, 7) is 7.78. The first-order chi connectivity index (χ1) is 13.1. The molecule has 0 aliphatic carbocycles. The molecule has 2 N–H and O–H groups in total. The number of allylic oxidation sites excluding steroid dienone is 1. The Bertz CT molecular complexity index is 596. The molecule has 0 heterocycles. The Labute approximate surface area is 187 Å². The lowest BCUT2D eigenvalue weighted by atomic mass is 10.1. The number of rotatable bonds is 12. The van der Waals surface area contributed by atoms with Crippen LogP contribution in [-0.4, -0.2) is 56.9 Å². The summed E-state index contributed by atoms with van der Waals surface area (Å²) in [4.78, 5) is 6.71. The number of benzene rings is 1. The molecule has 0 bridgehead atoms. The highest BCUT2D eigenvalue weighted by molar-refractivity contribution is 14.0. The van der Waals surface area contributed by atoms with Gasteiger partial charge in [0.1, 0.15) is 0 Å². The second-order valence-electron chi connectivity index (χ2n) is 6.38. The van der Waals surface area contributed by atoms with Crippen molar-refractivity contribution < 1.29 is 14.6 Å². The van der Waals surface area contributed by atoms with Crippen molar-refractivity contribution in [2.24, 2.45) is 4.99 Å². The third kappa shape index (κ3) is 9.14. The molecule has 7 heteroatoms. The van der Waals surface area contributed by atoms with E-state index in [1.54, 1.807) is 26.4 Å². The van der Waals surface area contributed by atoms with Crippen molar-refractivity contribution in [1.82, 2.24) is 10.2 Å². The summed E-state index contributed by atoms with van der Waals surface area (Å²) in [5, 5.41) is 13.8. The second-order valence-corrected chi connectivity index (χ2v) is 6.38. The summed E-state index contributed by atoms with van der Waals surface area (Å²) in [5.74, 6) is 2.05. The third-order valence-corrected chi connectivity index (χ3v) is 4.30. The number of guanidine groups is 1. The topological polar surface area (TPSA) is 66.3 Å². The van der Waals surface area contributed by atoms with Gasteiger partial charge in [0.25, 0.3) is 0 Å². The summed E-state index contributed by atoms with van der Waals surface area (Å²) in [6.07, 6.45) is 5.76. The van der Waals surface area contributed by atoms with E-state index < -0.39 is 6.10 Å². The number of aliphatic imine (C=N–C) groups is 1. The predicted molar refractivity (Wildman–Crippen MR) is 127 cm³/mol. The molecule has 1 aromatic carbocycles. The second kappa shape index (κ2) is 15.4. The first kappa shape index (κ1) is 26.5. The lowest BCUT2D eigenvalue weighted by Gasteiger charge is -2.22. The first-order valence-electron chi connectivity index (χ1n) is 9.57. The van der Waals surface area contributed by atoms with Crippen molar-refractivity contribution in [3.05, 3.63) is 36.4 Å². The van der Waals surface area contributed by atoms with E-state index in [2.05, 4.69) is 21.8 Å². The van der Waals surface area contributed by atoms with Crippen molar-refractivity contribution in [3.63, 3.8) is 0 Å². The van der Waals surface area contributed by atoms with Crippen molar-refractivity contribution in [2.75, 3.05) is 40.9 Å². The van der Waals surface area contributed by atoms with Crippen LogP contribution in [0, 0.1) is 0 Å². The number of aliphatic hydroxyl groups excluding tert-OH is 1. The number of nitrogens with one attached hydrogen (secondary N) is 1. The van der Waals surface area contributed by atoms with Gasteiger partial charge in [0.05, 0.1) is 26.9 Å². The SMILES string of the molecule is C=CCCCCCN(C)C(=NCC(O)c1ccc(OC)c(OC)c1)NCC.I. The van der Waals surface area contributed by atoms with Gasteiger partial charge in [-0.1, -0.05) is 18.6 Å². The van der Waals surface area contributed by atoms with Crippen molar-refractivity contribution >= 4 is 29.9 Å². The average Bonchev–Trinajstić information content (AvgIpc) is 2.69. The molecule has 6 nitrogen and oxygen atoms in total. The Kier molecular flexibility index (Phi) is 14.6. The monoisotopic (exact) mass is 505 g/mol. The summed E-state index contributed by atoms with van der Waals surface area (Å²) in [6, 6.07) is 5.41. The molecule has 0 fully saturated rings. The van der Waals surface area contributed by atoms with Crippen LogP contribution in [0.3, 0.4) is 0 Å². The van der Waals surface area contributed by atoms with E-state index >= 15 is 0 Å². The number of ether oxygens (including phenoxy) is 2. The maximum Gasteiger partial charge on any atom is 0.193 e. The van der Waals surface area contributed by atoms with E-state index in [-0.39, 0.29) is 30.5 Å². The van der Waals surface area contributed by atoms with Crippen LogP contribution in [0.15, 0.2) is 35.8 Å². The normalized spacial score (nSPS) is 12.0. The fourth-order valence-electron chi connectivity index (χ4n) is 2.73. The van der Waals surface area contributed by atoms with Gasteiger partial charge < -0.3 is 24.8 Å². The Hall–Kier alpha value is -1.48. The number of nitrogens with zero attached hydrogens (tertiary/aromatic N) is 2. The molecule has 0 aliphatic heterocycles. The molecule has 0 amide bonds. The highest BCUT2D eigenvalue weighted by atomic mass is 127. The maximum atomic E-state index is 10.5. The zero-order valence-electron chi connectivity index (χ0n) is 17.6. The van der Waals surface area contributed by atoms with Gasteiger partial charge in [-0.15, -0.1) is 30.6 Å². The number of aliphatic hydroxyl groups is 1. The molecule has 1 aromatic rings. The van der Waals surface area contributed by atoms with Crippen LogP contribution in [0.4, 0.5) is 0 Å². The van der Waals surface area contributed by atoms with Crippen LogP contribution in [0.5, 0.6) is 11.5 Å². The molecule has 1 atom stereocenters. The van der Waals surface area contributed by atoms with Gasteiger partial charge in [0, 0.05) is 20.1 Å². The Morgan fingerprint density at radius 1 is 1.25 bits per heavy atom. The average molecular weight is 505 g/mol. The molecule has 0 aromatic heterocycles. The zero-order chi connectivity index (χ0) is 20.1. The van der Waals surface area contributed by atoms with Gasteiger partial charge in [0.15, 0.2) is 17.5 Å². The van der Waals surface area contributed by atoms with E-state index in [1.165, 1.54) is 12.8 Å². The summed E-state index contributed by atoms with van der Waals surface area (Å²) < 4.78 is 10.5. The Morgan fingerprint density at radius 3 is 2.57 bits per heavy atom. The van der Waals surface area contributed by atoms with E-state index in [1.807, 2.05) is 26.1 Å². The highest BCUT2D eigenvalue weighted by Crippen LogP contribution is 2.30. The van der Waals surface area contributed by atoms with Gasteiger partial charge in [0.2, 0.25) is 0 Å². The lowest BCUT2D eigenvalue weighted by molar-refractivity contribution is 0.186. The molecule has 28 heavy (non-hydrogen) atoms. The lowest BCUT2D eigenvalue weighted by Crippen LogP contribution is -2.39. The largest absolute Gasteiger partial charge is 0.493 e. The van der Waals surface area contributed by atoms with E-state index in [0.717, 1.165) is 37.5 Å². The van der Waals surface area contributed by atoms with Gasteiger partial charge in [-0.2, -0.15) is 0 Å². The molecule has 0 radical (unpaired) electrons. The molecule has 0 spiro atoms. The zero-order valence-corrected chi connectivity index (χ0v) is 19.9. The number of unbranched alkanes of at least 4 members (excludes halogenated alkanes) is 3. The molecule has 0 saturated carbocycles. The van der Waals surface area contributed by atoms with Crippen LogP contribution in [0.1, 0.15) is 44.3 Å². The summed E-state index contributed by atoms with van der Waals surface area (Å²) in [5.41, 5.74) is 0.749. The first-order valence-corrected chi connectivity index (χ1v) is 9.57. The third-order valence-electron chi connectivity index (χ3n) is 4.30. The van der Waals surface area contributed by atoms with Crippen molar-refractivity contribution in [3.8, 4) is 11.5 Å². The number of hydrogen-bond acceptors (Lipinski definition) is 4. The van der Waals surface area contributed by atoms with E-state index in [4.69, 9.17) is 9.47 Å². The van der Waals surface area contributed by atoms with Crippen LogP contribution < -0.4 is 14.8 Å². The fraction of sp³-hybridized carbons (Fsp3) is 0.571. The molecular weight excluding hydrogens is 469 g/mol. The van der Waals surface area contributed by atoms with Gasteiger partial charge in [-0.25, -0.2) is 0 Å². The number of halogens is 1. The molecular formula is C21H36IN3O3. The summed E-state index contributed by atoms with van der Waals surface area (Å²) >= 11 is 0. The molecule has 1 unspecified atom stereocenters. The van der Waals surface area contributed by atoms with Crippen molar-refractivity contribution in [1.29, 1.82) is 0 Å². The molecule has 160 valence electrons. The fourth-order valence-corrected chi connectivity index (χ4v) is 2.73. The van der Waals surface area contributed by atoms with E-state index in [9.17, 15) is 5.11 Å². The standard InChI is InChI=1S/C21H35N3O3.HI/c1-6-8-9-10-11-14-24(3)21(22-7-2)23-16-18(25)17-12-13-19(26-4)20(15-17)27-5;/h6,12-13,15,18,25H,1,7-11,14,16H2,2-5H3,(H,22,23);1H. The highest BCUT2D eigenvalue weighted by Gasteiger charge is 2.13. The van der Waals surface area contributed by atoms with Gasteiger partial charge in [-0.05, 0) is 43.9 Å². The van der Waals surface area contributed by atoms with Gasteiger partial charge >= 0.3 is 0 Å². The van der Waals surface area contributed by atoms with Crippen molar-refractivity contribution in [2.45, 2.75) is 38.7 Å². The van der Waals surface area contributed by atoms with Crippen LogP contribution in [-0.2, 0) is 0 Å². The van der Waals surface area contributed by atoms with Crippen LogP contribution >= 0.6 is 24.0 Å². The van der Waals surface area contributed by atoms with Gasteiger partial charge in [-0.3, -0.25) is 4.99 Å². The Morgan fingerprint density at radius 2 is 1.96 bits per heavy atom. The smallest absolute Gasteiger partial charge is 0.193 e. The minimum atomic E-state index is -0.709. The molecule has 0 aliphatic rings. The van der Waals surface area contributed by atoms with Crippen LogP contribution in [0.25, 0.3) is 0 Å². The number of methoxy groups -OCH3 is 2. The maximum absolute atomic E-state index is 10.5. The Balaban J connectivity index is 0.00000729. The van der Waals surface area contributed by atoms with E-state index in [0.29, 0.717) is 11.5 Å². The molecule has 1 rings (SSSR count). The minimum Gasteiger partial charge on any atom is -0.493 e. The quantitative estimate of drug-likeness (QED) is 0.148. The minimum absolute atomic E-state index is 0.